The molecule has 0 aliphatic rings. The highest BCUT2D eigenvalue weighted by Crippen LogP contribution is 2.25. The summed E-state index contributed by atoms with van der Waals surface area (Å²) in [5, 5.41) is 10.9. The standard InChI is InChI=1S/C14H16N2O2/c15-12(8-13(17)18)14(16)11-7-3-5-9-4-1-2-6-10(9)11/h1-7,12,14H,8,15-16H2,(H,17,18). The third kappa shape index (κ3) is 2.50. The zero-order valence-corrected chi connectivity index (χ0v) is 9.91. The number of nitrogens with two attached hydrogens (primary N) is 2. The van der Waals surface area contributed by atoms with E-state index in [0.717, 1.165) is 16.3 Å². The molecule has 2 unspecified atom stereocenters. The van der Waals surface area contributed by atoms with Crippen molar-refractivity contribution in [1.29, 1.82) is 0 Å². The summed E-state index contributed by atoms with van der Waals surface area (Å²) in [6, 6.07) is 12.6. The number of carboxylic acids is 1. The van der Waals surface area contributed by atoms with E-state index in [1.807, 2.05) is 42.5 Å². The Morgan fingerprint density at radius 3 is 2.50 bits per heavy atom. The van der Waals surface area contributed by atoms with Gasteiger partial charge in [-0.1, -0.05) is 42.5 Å². The molecule has 0 bridgehead atoms. The highest BCUT2D eigenvalue weighted by Gasteiger charge is 2.19. The van der Waals surface area contributed by atoms with Crippen molar-refractivity contribution in [2.75, 3.05) is 0 Å². The lowest BCUT2D eigenvalue weighted by molar-refractivity contribution is -0.137. The van der Waals surface area contributed by atoms with Gasteiger partial charge in [-0.25, -0.2) is 0 Å². The molecule has 2 aromatic carbocycles. The topological polar surface area (TPSA) is 89.3 Å². The van der Waals surface area contributed by atoms with Gasteiger partial charge in [0.05, 0.1) is 6.42 Å². The summed E-state index contributed by atoms with van der Waals surface area (Å²) in [6.45, 7) is 0. The quantitative estimate of drug-likeness (QED) is 0.762. The maximum atomic E-state index is 10.7. The molecule has 0 amide bonds. The van der Waals surface area contributed by atoms with Crippen molar-refractivity contribution in [3.63, 3.8) is 0 Å². The fourth-order valence-electron chi connectivity index (χ4n) is 2.10. The van der Waals surface area contributed by atoms with Crippen molar-refractivity contribution >= 4 is 16.7 Å². The van der Waals surface area contributed by atoms with Crippen LogP contribution in [0.4, 0.5) is 0 Å². The van der Waals surface area contributed by atoms with Crippen LogP contribution in [0.3, 0.4) is 0 Å². The maximum Gasteiger partial charge on any atom is 0.304 e. The Hall–Kier alpha value is -1.91. The number of hydrogen-bond acceptors (Lipinski definition) is 3. The predicted molar refractivity (Wildman–Crippen MR) is 71.1 cm³/mol. The van der Waals surface area contributed by atoms with E-state index in [-0.39, 0.29) is 6.42 Å². The van der Waals surface area contributed by atoms with Crippen molar-refractivity contribution < 1.29 is 9.90 Å². The van der Waals surface area contributed by atoms with Gasteiger partial charge in [0.2, 0.25) is 0 Å². The summed E-state index contributed by atoms with van der Waals surface area (Å²) in [5.74, 6) is -0.932. The number of hydrogen-bond donors (Lipinski definition) is 3. The van der Waals surface area contributed by atoms with Crippen LogP contribution >= 0.6 is 0 Å². The van der Waals surface area contributed by atoms with Gasteiger partial charge in [0.15, 0.2) is 0 Å². The fourth-order valence-corrected chi connectivity index (χ4v) is 2.10. The summed E-state index contributed by atoms with van der Waals surface area (Å²) in [6.07, 6.45) is -0.135. The van der Waals surface area contributed by atoms with E-state index in [1.54, 1.807) is 0 Å². The van der Waals surface area contributed by atoms with Crippen LogP contribution in [0.2, 0.25) is 0 Å². The SMILES string of the molecule is NC(CC(=O)O)C(N)c1cccc2ccccc12. The van der Waals surface area contributed by atoms with Crippen LogP contribution in [0.25, 0.3) is 10.8 Å². The Bertz CT molecular complexity index is 563. The lowest BCUT2D eigenvalue weighted by Gasteiger charge is -2.20. The molecule has 0 saturated carbocycles. The normalized spacial score (nSPS) is 14.3. The van der Waals surface area contributed by atoms with Gasteiger partial charge in [0, 0.05) is 12.1 Å². The molecule has 0 aliphatic carbocycles. The molecule has 2 atom stereocenters. The van der Waals surface area contributed by atoms with Gasteiger partial charge in [0.25, 0.3) is 0 Å². The Morgan fingerprint density at radius 1 is 1.11 bits per heavy atom. The smallest absolute Gasteiger partial charge is 0.304 e. The first-order valence-corrected chi connectivity index (χ1v) is 5.80. The van der Waals surface area contributed by atoms with Gasteiger partial charge in [-0.3, -0.25) is 4.79 Å². The molecule has 4 nitrogen and oxygen atoms in total. The van der Waals surface area contributed by atoms with Gasteiger partial charge in [-0.05, 0) is 16.3 Å². The average molecular weight is 244 g/mol. The Labute approximate surface area is 105 Å². The minimum absolute atomic E-state index is 0.135. The molecule has 0 fully saturated rings. The monoisotopic (exact) mass is 244 g/mol. The zero-order valence-electron chi connectivity index (χ0n) is 9.91. The highest BCUT2D eigenvalue weighted by atomic mass is 16.4. The lowest BCUT2D eigenvalue weighted by atomic mass is 9.93. The minimum Gasteiger partial charge on any atom is -0.481 e. The van der Waals surface area contributed by atoms with E-state index < -0.39 is 18.1 Å². The molecular formula is C14H16N2O2. The van der Waals surface area contributed by atoms with Gasteiger partial charge < -0.3 is 16.6 Å². The Morgan fingerprint density at radius 2 is 1.78 bits per heavy atom. The van der Waals surface area contributed by atoms with Gasteiger partial charge in [-0.15, -0.1) is 0 Å². The number of rotatable bonds is 4. The molecule has 0 aliphatic heterocycles. The van der Waals surface area contributed by atoms with Gasteiger partial charge >= 0.3 is 5.97 Å². The molecule has 2 rings (SSSR count). The molecule has 0 aromatic heterocycles. The van der Waals surface area contributed by atoms with Crippen LogP contribution in [0.5, 0.6) is 0 Å². The predicted octanol–water partition coefficient (Wildman–Crippen LogP) is 1.64. The molecule has 0 saturated heterocycles. The van der Waals surface area contributed by atoms with Crippen LogP contribution in [0.1, 0.15) is 18.0 Å². The summed E-state index contributed by atoms with van der Waals surface area (Å²) < 4.78 is 0. The van der Waals surface area contributed by atoms with Gasteiger partial charge in [-0.2, -0.15) is 0 Å². The second-order valence-corrected chi connectivity index (χ2v) is 4.36. The molecule has 5 N–H and O–H groups in total. The summed E-state index contributed by atoms with van der Waals surface area (Å²) in [7, 11) is 0. The molecule has 18 heavy (non-hydrogen) atoms. The van der Waals surface area contributed by atoms with E-state index in [1.165, 1.54) is 0 Å². The number of carbonyl (C=O) groups is 1. The summed E-state index contributed by atoms with van der Waals surface area (Å²) >= 11 is 0. The van der Waals surface area contributed by atoms with Crippen LogP contribution in [0, 0.1) is 0 Å². The highest BCUT2D eigenvalue weighted by molar-refractivity contribution is 5.86. The number of fused-ring (bicyclic) bond motifs is 1. The third-order valence-corrected chi connectivity index (χ3v) is 3.05. The van der Waals surface area contributed by atoms with E-state index in [4.69, 9.17) is 16.6 Å². The van der Waals surface area contributed by atoms with Crippen molar-refractivity contribution in [2.45, 2.75) is 18.5 Å². The van der Waals surface area contributed by atoms with E-state index in [2.05, 4.69) is 0 Å². The Kier molecular flexibility index (Phi) is 3.60. The van der Waals surface area contributed by atoms with Crippen LogP contribution < -0.4 is 11.5 Å². The largest absolute Gasteiger partial charge is 0.481 e. The third-order valence-electron chi connectivity index (χ3n) is 3.05. The average Bonchev–Trinajstić information content (AvgIpc) is 2.36. The van der Waals surface area contributed by atoms with Crippen LogP contribution in [0.15, 0.2) is 42.5 Å². The summed E-state index contributed by atoms with van der Waals surface area (Å²) in [5.41, 5.74) is 12.8. The molecule has 0 spiro atoms. The van der Waals surface area contributed by atoms with Gasteiger partial charge in [0.1, 0.15) is 0 Å². The number of carboxylic acid groups (broad SMARTS) is 1. The maximum absolute atomic E-state index is 10.7. The first-order chi connectivity index (χ1) is 8.59. The van der Waals surface area contributed by atoms with Crippen molar-refractivity contribution in [1.82, 2.24) is 0 Å². The lowest BCUT2D eigenvalue weighted by Crippen LogP contribution is -2.36. The second kappa shape index (κ2) is 5.16. The molecule has 0 radical (unpaired) electrons. The molecule has 4 heteroatoms. The second-order valence-electron chi connectivity index (χ2n) is 4.36. The van der Waals surface area contributed by atoms with Crippen LogP contribution in [-0.4, -0.2) is 17.1 Å². The molecule has 0 heterocycles. The first kappa shape index (κ1) is 12.5. The van der Waals surface area contributed by atoms with Crippen LogP contribution in [-0.2, 0) is 4.79 Å². The molecular weight excluding hydrogens is 228 g/mol. The zero-order chi connectivity index (χ0) is 13.1. The Balaban J connectivity index is 2.38. The van der Waals surface area contributed by atoms with Crippen molar-refractivity contribution in [2.24, 2.45) is 11.5 Å². The minimum atomic E-state index is -0.932. The van der Waals surface area contributed by atoms with E-state index in [0.29, 0.717) is 0 Å². The molecule has 94 valence electrons. The number of aliphatic carboxylic acids is 1. The number of benzene rings is 2. The van der Waals surface area contributed by atoms with Crippen molar-refractivity contribution in [3.8, 4) is 0 Å². The van der Waals surface area contributed by atoms with E-state index in [9.17, 15) is 4.79 Å². The summed E-state index contributed by atoms with van der Waals surface area (Å²) in [4.78, 5) is 10.7. The van der Waals surface area contributed by atoms with E-state index >= 15 is 0 Å². The first-order valence-electron chi connectivity index (χ1n) is 5.80. The fraction of sp³-hybridized carbons (Fsp3) is 0.214. The molecule has 2 aromatic rings. The van der Waals surface area contributed by atoms with Crippen molar-refractivity contribution in [3.05, 3.63) is 48.0 Å².